The quantitative estimate of drug-likeness (QED) is 0.223. The monoisotopic (exact) mass is 595 g/mol. The molecule has 4 aromatic rings. The molecule has 0 saturated carbocycles. The van der Waals surface area contributed by atoms with Gasteiger partial charge in [0.2, 0.25) is 0 Å². The van der Waals surface area contributed by atoms with E-state index in [1.807, 2.05) is 73.7 Å². The Kier molecular flexibility index (Phi) is 10.2. The van der Waals surface area contributed by atoms with Crippen molar-refractivity contribution in [3.05, 3.63) is 96.3 Å². The van der Waals surface area contributed by atoms with Crippen LogP contribution >= 0.6 is 0 Å². The first-order valence-electron chi connectivity index (χ1n) is 15.1. The maximum absolute atomic E-state index is 13.1. The van der Waals surface area contributed by atoms with Crippen molar-refractivity contribution in [1.82, 2.24) is 14.8 Å². The van der Waals surface area contributed by atoms with E-state index in [1.165, 1.54) is 0 Å². The maximum Gasteiger partial charge on any atom is 0.323 e. The summed E-state index contributed by atoms with van der Waals surface area (Å²) in [5, 5.41) is 17.9. The highest BCUT2D eigenvalue weighted by Crippen LogP contribution is 2.34. The lowest BCUT2D eigenvalue weighted by Crippen LogP contribution is -2.45. The molecule has 1 aliphatic rings. The van der Waals surface area contributed by atoms with Crippen molar-refractivity contribution in [3.8, 4) is 5.75 Å². The molecule has 3 N–H and O–H groups in total. The van der Waals surface area contributed by atoms with Crippen LogP contribution in [0.4, 0.5) is 16.2 Å². The van der Waals surface area contributed by atoms with Gasteiger partial charge < -0.3 is 25.3 Å². The smallest absolute Gasteiger partial charge is 0.323 e. The molecule has 1 aliphatic heterocycles. The number of anilines is 2. The third kappa shape index (κ3) is 7.60. The molecular weight excluding hydrogens is 554 g/mol. The van der Waals surface area contributed by atoms with E-state index >= 15 is 0 Å². The summed E-state index contributed by atoms with van der Waals surface area (Å²) in [6.07, 6.45) is 4.33. The Morgan fingerprint density at radius 3 is 2.64 bits per heavy atom. The minimum atomic E-state index is -0.512. The van der Waals surface area contributed by atoms with Crippen LogP contribution in [-0.4, -0.2) is 77.6 Å². The summed E-state index contributed by atoms with van der Waals surface area (Å²) in [6.45, 7) is 6.58. The molecule has 2 amide bonds. The predicted octanol–water partition coefficient (Wildman–Crippen LogP) is 5.37. The van der Waals surface area contributed by atoms with Gasteiger partial charge >= 0.3 is 6.03 Å². The van der Waals surface area contributed by atoms with Crippen molar-refractivity contribution < 1.29 is 19.4 Å². The number of aliphatic hydroxyl groups is 1. The van der Waals surface area contributed by atoms with Gasteiger partial charge in [-0.15, -0.1) is 0 Å². The van der Waals surface area contributed by atoms with Crippen molar-refractivity contribution in [2.45, 2.75) is 38.5 Å². The van der Waals surface area contributed by atoms with Gasteiger partial charge in [-0.3, -0.25) is 14.8 Å². The second kappa shape index (κ2) is 14.4. The number of urea groups is 1. The zero-order chi connectivity index (χ0) is 31.1. The fraction of sp³-hybridized carbons (Fsp3) is 0.343. The molecule has 1 aromatic heterocycles. The van der Waals surface area contributed by atoms with Gasteiger partial charge in [-0.05, 0) is 61.3 Å². The number of rotatable bonds is 9. The third-order valence-corrected chi connectivity index (χ3v) is 8.32. The largest absolute Gasteiger partial charge is 0.488 e. The number of hydrogen-bond acceptors (Lipinski definition) is 7. The zero-order valence-electron chi connectivity index (χ0n) is 25.5. The van der Waals surface area contributed by atoms with E-state index < -0.39 is 5.92 Å². The van der Waals surface area contributed by atoms with Crippen LogP contribution in [0.2, 0.25) is 0 Å². The lowest BCUT2D eigenvalue weighted by atomic mass is 9.97. The number of carbonyl (C=O) groups excluding carboxylic acids is 2. The number of aliphatic hydroxyl groups excluding tert-OH is 1. The molecule has 230 valence electrons. The first-order valence-corrected chi connectivity index (χ1v) is 15.1. The van der Waals surface area contributed by atoms with Crippen molar-refractivity contribution in [1.29, 1.82) is 0 Å². The van der Waals surface area contributed by atoms with Gasteiger partial charge in [0.15, 0.2) is 0 Å². The number of likely N-dealkylation sites (N-methyl/N-ethyl adjacent to an activating group) is 1. The van der Waals surface area contributed by atoms with E-state index in [-0.39, 0.29) is 30.7 Å². The van der Waals surface area contributed by atoms with Gasteiger partial charge in [-0.25, -0.2) is 4.79 Å². The fourth-order valence-electron chi connectivity index (χ4n) is 5.82. The molecule has 4 atom stereocenters. The molecule has 5 rings (SSSR count). The Morgan fingerprint density at radius 2 is 1.86 bits per heavy atom. The number of carbonyl (C=O) groups is 2. The molecule has 0 saturated heterocycles. The Morgan fingerprint density at radius 1 is 1.09 bits per heavy atom. The van der Waals surface area contributed by atoms with E-state index in [1.54, 1.807) is 18.5 Å². The van der Waals surface area contributed by atoms with Crippen LogP contribution in [0.15, 0.2) is 85.2 Å². The van der Waals surface area contributed by atoms with Gasteiger partial charge in [0.05, 0.1) is 18.2 Å². The number of fused-ring (bicyclic) bond motifs is 2. The average molecular weight is 596 g/mol. The number of aromatic nitrogens is 1. The minimum absolute atomic E-state index is 0.0193. The molecule has 9 heteroatoms. The van der Waals surface area contributed by atoms with Crippen molar-refractivity contribution >= 4 is 34.5 Å². The van der Waals surface area contributed by atoms with E-state index in [2.05, 4.69) is 39.4 Å². The number of benzene rings is 3. The summed E-state index contributed by atoms with van der Waals surface area (Å²) in [6, 6.07) is 22.6. The first-order chi connectivity index (χ1) is 21.3. The molecule has 44 heavy (non-hydrogen) atoms. The van der Waals surface area contributed by atoms with Gasteiger partial charge in [-0.1, -0.05) is 43.3 Å². The lowest BCUT2D eigenvalue weighted by Gasteiger charge is -2.34. The van der Waals surface area contributed by atoms with Crippen LogP contribution in [0, 0.1) is 5.92 Å². The Hall–Kier alpha value is -4.31. The van der Waals surface area contributed by atoms with Gasteiger partial charge in [0.1, 0.15) is 18.1 Å². The topological polar surface area (TPSA) is 107 Å². The second-order valence-corrected chi connectivity index (χ2v) is 11.8. The van der Waals surface area contributed by atoms with Crippen molar-refractivity contribution in [2.24, 2.45) is 5.92 Å². The number of nitrogens with one attached hydrogen (secondary N) is 2. The predicted molar refractivity (Wildman–Crippen MR) is 174 cm³/mol. The fourth-order valence-corrected chi connectivity index (χ4v) is 5.82. The van der Waals surface area contributed by atoms with E-state index in [9.17, 15) is 14.7 Å². The Balaban J connectivity index is 1.40. The van der Waals surface area contributed by atoms with Crippen LogP contribution in [-0.2, 0) is 11.3 Å². The maximum atomic E-state index is 13.1. The number of hydrogen-bond donors (Lipinski definition) is 3. The minimum Gasteiger partial charge on any atom is -0.488 e. The van der Waals surface area contributed by atoms with Crippen LogP contribution in [0.25, 0.3) is 10.8 Å². The molecule has 9 nitrogen and oxygen atoms in total. The number of pyridine rings is 1. The Labute approximate surface area is 258 Å². The van der Waals surface area contributed by atoms with E-state index in [0.717, 1.165) is 29.2 Å². The van der Waals surface area contributed by atoms with E-state index in [4.69, 9.17) is 4.74 Å². The van der Waals surface area contributed by atoms with Gasteiger partial charge in [-0.2, -0.15) is 0 Å². The highest BCUT2D eigenvalue weighted by Gasteiger charge is 2.31. The molecule has 0 spiro atoms. The summed E-state index contributed by atoms with van der Waals surface area (Å²) in [5.41, 5.74) is 3.12. The van der Waals surface area contributed by atoms with Gasteiger partial charge in [0, 0.05) is 67.2 Å². The molecule has 3 aromatic carbocycles. The lowest BCUT2D eigenvalue weighted by molar-refractivity contribution is -0.109. The SMILES string of the molecule is CC1CN(C(C)CO)CC(C=O)c2cc(NC(=O)Nc3cccc4ccccc34)ccc2OC1CN(C)Cc1ccncc1. The molecule has 4 unspecified atom stereocenters. The highest BCUT2D eigenvalue weighted by atomic mass is 16.5. The van der Waals surface area contributed by atoms with Crippen LogP contribution in [0.1, 0.15) is 30.9 Å². The molecule has 0 bridgehead atoms. The molecule has 0 fully saturated rings. The molecule has 0 aliphatic carbocycles. The van der Waals surface area contributed by atoms with Crippen LogP contribution in [0.5, 0.6) is 5.75 Å². The Bertz CT molecular complexity index is 1560. The van der Waals surface area contributed by atoms with Crippen molar-refractivity contribution in [2.75, 3.05) is 43.9 Å². The number of aldehydes is 1. The normalized spacial score (nSPS) is 19.6. The number of ether oxygens (including phenoxy) is 1. The summed E-state index contributed by atoms with van der Waals surface area (Å²) >= 11 is 0. The third-order valence-electron chi connectivity index (χ3n) is 8.32. The van der Waals surface area contributed by atoms with Crippen molar-refractivity contribution in [3.63, 3.8) is 0 Å². The number of amides is 2. The zero-order valence-corrected chi connectivity index (χ0v) is 25.5. The summed E-state index contributed by atoms with van der Waals surface area (Å²) < 4.78 is 6.70. The van der Waals surface area contributed by atoms with Crippen LogP contribution in [0.3, 0.4) is 0 Å². The molecular formula is C35H41N5O4. The summed E-state index contributed by atoms with van der Waals surface area (Å²) in [7, 11) is 2.06. The van der Waals surface area contributed by atoms with Gasteiger partial charge in [0.25, 0.3) is 0 Å². The van der Waals surface area contributed by atoms with Crippen LogP contribution < -0.4 is 15.4 Å². The highest BCUT2D eigenvalue weighted by molar-refractivity contribution is 6.06. The second-order valence-electron chi connectivity index (χ2n) is 11.8. The standard InChI is InChI=1S/C35H41N5O4/c1-24-18-40(25(2)22-41)20-28(23-42)31-17-29(37-35(43)38-32-10-6-8-27-7-4-5-9-30(27)32)11-12-33(31)44-34(24)21-39(3)19-26-13-15-36-16-14-26/h4-17,23-25,28,34,41H,18-22H2,1-3H3,(H2,37,38,43). The first kappa shape index (κ1) is 31.1. The molecule has 2 heterocycles. The molecule has 0 radical (unpaired) electrons. The summed E-state index contributed by atoms with van der Waals surface area (Å²) in [4.78, 5) is 34.1. The van der Waals surface area contributed by atoms with E-state index in [0.29, 0.717) is 42.3 Å². The average Bonchev–Trinajstić information content (AvgIpc) is 3.08. The number of nitrogens with zero attached hydrogens (tertiary/aromatic N) is 3. The summed E-state index contributed by atoms with van der Waals surface area (Å²) in [5.74, 6) is 0.212.